The Morgan fingerprint density at radius 1 is 0.762 bits per heavy atom. The van der Waals surface area contributed by atoms with Crippen LogP contribution in [0.4, 0.5) is 0 Å². The Kier molecular flexibility index (Phi) is 5.97. The van der Waals surface area contributed by atoms with Crippen LogP contribution in [0.25, 0.3) is 0 Å². The molecule has 112 valence electrons. The lowest BCUT2D eigenvalue weighted by molar-refractivity contribution is 0.00735. The minimum atomic E-state index is -0.699. The second-order valence-electron chi connectivity index (χ2n) is 5.53. The fourth-order valence-corrected chi connectivity index (χ4v) is 2.72. The van der Waals surface area contributed by atoms with Gasteiger partial charge in [-0.25, -0.2) is 0 Å². The minimum Gasteiger partial charge on any atom is -0.390 e. The van der Waals surface area contributed by atoms with Gasteiger partial charge in [-0.15, -0.1) is 0 Å². The summed E-state index contributed by atoms with van der Waals surface area (Å²) >= 11 is 0. The van der Waals surface area contributed by atoms with Crippen LogP contribution in [0.3, 0.4) is 0 Å². The van der Waals surface area contributed by atoms with Gasteiger partial charge in [0, 0.05) is 5.92 Å². The van der Waals surface area contributed by atoms with Gasteiger partial charge in [0.1, 0.15) is 0 Å². The van der Waals surface area contributed by atoms with E-state index in [2.05, 4.69) is 24.3 Å². The van der Waals surface area contributed by atoms with E-state index < -0.39 is 12.2 Å². The highest BCUT2D eigenvalue weighted by Gasteiger charge is 2.22. The summed E-state index contributed by atoms with van der Waals surface area (Å²) in [5.74, 6) is 0.105. The van der Waals surface area contributed by atoms with Crippen LogP contribution in [0.5, 0.6) is 0 Å². The lowest BCUT2D eigenvalue weighted by Gasteiger charge is -2.24. The molecule has 0 saturated heterocycles. The monoisotopic (exact) mass is 284 g/mol. The summed E-state index contributed by atoms with van der Waals surface area (Å²) in [6.07, 6.45) is 0.701. The van der Waals surface area contributed by atoms with Gasteiger partial charge in [-0.2, -0.15) is 0 Å². The largest absolute Gasteiger partial charge is 0.390 e. The van der Waals surface area contributed by atoms with E-state index in [1.165, 1.54) is 11.1 Å². The molecule has 0 aliphatic carbocycles. The molecule has 21 heavy (non-hydrogen) atoms. The summed E-state index contributed by atoms with van der Waals surface area (Å²) in [5.41, 5.74) is 2.35. The van der Waals surface area contributed by atoms with Crippen LogP contribution in [0.2, 0.25) is 0 Å². The van der Waals surface area contributed by atoms with Crippen LogP contribution in [0, 0.1) is 0 Å². The quantitative estimate of drug-likeness (QED) is 0.813. The first kappa shape index (κ1) is 15.7. The number of rotatable bonds is 7. The maximum Gasteiger partial charge on any atom is 0.0808 e. The van der Waals surface area contributed by atoms with Crippen molar-refractivity contribution in [1.29, 1.82) is 0 Å². The fraction of sp³-hybridized carbons (Fsp3) is 0.368. The third-order valence-electron chi connectivity index (χ3n) is 3.91. The predicted octanol–water partition coefficient (Wildman–Crippen LogP) is 3.73. The van der Waals surface area contributed by atoms with Crippen molar-refractivity contribution in [3.8, 4) is 0 Å². The number of aliphatic hydroxyl groups excluding tert-OH is 2. The van der Waals surface area contributed by atoms with Gasteiger partial charge in [0.05, 0.1) is 12.2 Å². The van der Waals surface area contributed by atoms with Gasteiger partial charge >= 0.3 is 0 Å². The first-order chi connectivity index (χ1) is 10.2. The molecule has 0 radical (unpaired) electrons. The van der Waals surface area contributed by atoms with Crippen molar-refractivity contribution in [2.24, 2.45) is 0 Å². The maximum atomic E-state index is 10.3. The van der Waals surface area contributed by atoms with Crippen molar-refractivity contribution in [1.82, 2.24) is 0 Å². The van der Waals surface area contributed by atoms with E-state index in [9.17, 15) is 10.2 Å². The molecule has 0 bridgehead atoms. The number of benzene rings is 2. The third kappa shape index (κ3) is 4.42. The maximum absolute atomic E-state index is 10.3. The first-order valence-corrected chi connectivity index (χ1v) is 7.68. The van der Waals surface area contributed by atoms with Gasteiger partial charge in [0.2, 0.25) is 0 Å². The van der Waals surface area contributed by atoms with Crippen LogP contribution in [-0.4, -0.2) is 22.4 Å². The normalized spacial score (nSPS) is 14.1. The molecule has 2 unspecified atom stereocenters. The van der Waals surface area contributed by atoms with Crippen molar-refractivity contribution in [3.05, 3.63) is 71.8 Å². The Morgan fingerprint density at radius 3 is 1.67 bits per heavy atom. The molecule has 2 rings (SSSR count). The number of aliphatic hydroxyl groups is 2. The highest BCUT2D eigenvalue weighted by atomic mass is 16.3. The smallest absolute Gasteiger partial charge is 0.0808 e. The van der Waals surface area contributed by atoms with Crippen molar-refractivity contribution in [2.75, 3.05) is 0 Å². The molecule has 0 aliphatic rings. The Labute approximate surface area is 127 Å². The molecule has 2 heteroatoms. The van der Waals surface area contributed by atoms with Crippen LogP contribution in [0.15, 0.2) is 60.7 Å². The predicted molar refractivity (Wildman–Crippen MR) is 86.3 cm³/mol. The average molecular weight is 284 g/mol. The molecule has 0 aromatic heterocycles. The van der Waals surface area contributed by atoms with Crippen molar-refractivity contribution in [2.45, 2.75) is 44.3 Å². The summed E-state index contributed by atoms with van der Waals surface area (Å²) in [4.78, 5) is 0. The summed E-state index contributed by atoms with van der Waals surface area (Å²) in [7, 11) is 0. The van der Waals surface area contributed by atoms with E-state index in [0.717, 1.165) is 6.42 Å². The third-order valence-corrected chi connectivity index (χ3v) is 3.91. The minimum absolute atomic E-state index is 0.105. The zero-order chi connectivity index (χ0) is 15.1. The van der Waals surface area contributed by atoms with Gasteiger partial charge in [-0.05, 0) is 24.0 Å². The molecule has 2 nitrogen and oxygen atoms in total. The van der Waals surface area contributed by atoms with Crippen LogP contribution < -0.4 is 0 Å². The van der Waals surface area contributed by atoms with Crippen molar-refractivity contribution >= 4 is 0 Å². The molecule has 0 saturated carbocycles. The molecule has 0 fully saturated rings. The average Bonchev–Trinajstić information content (AvgIpc) is 2.54. The van der Waals surface area contributed by atoms with Gasteiger partial charge in [0.15, 0.2) is 0 Å². The summed E-state index contributed by atoms with van der Waals surface area (Å²) in [6, 6.07) is 20.4. The number of hydrogen-bond donors (Lipinski definition) is 2. The van der Waals surface area contributed by atoms with E-state index >= 15 is 0 Å². The van der Waals surface area contributed by atoms with Gasteiger partial charge < -0.3 is 10.2 Å². The molecule has 0 heterocycles. The molecular formula is C19H24O2. The molecule has 2 aromatic carbocycles. The zero-order valence-corrected chi connectivity index (χ0v) is 12.5. The molecule has 0 amide bonds. The molecule has 2 aromatic rings. The first-order valence-electron chi connectivity index (χ1n) is 7.68. The van der Waals surface area contributed by atoms with Crippen LogP contribution in [0.1, 0.15) is 43.2 Å². The van der Waals surface area contributed by atoms with E-state index in [1.54, 1.807) is 0 Å². The molecular weight excluding hydrogens is 260 g/mol. The van der Waals surface area contributed by atoms with E-state index in [-0.39, 0.29) is 5.92 Å². The highest BCUT2D eigenvalue weighted by Crippen LogP contribution is 2.30. The summed E-state index contributed by atoms with van der Waals surface area (Å²) in [6.45, 7) is 2.02. The Balaban J connectivity index is 2.21. The lowest BCUT2D eigenvalue weighted by atomic mass is 9.85. The highest BCUT2D eigenvalue weighted by molar-refractivity contribution is 5.32. The molecule has 2 atom stereocenters. The van der Waals surface area contributed by atoms with Crippen molar-refractivity contribution < 1.29 is 10.2 Å². The topological polar surface area (TPSA) is 40.5 Å². The fourth-order valence-electron chi connectivity index (χ4n) is 2.72. The van der Waals surface area contributed by atoms with Gasteiger partial charge in [-0.3, -0.25) is 0 Å². The van der Waals surface area contributed by atoms with E-state index in [4.69, 9.17) is 0 Å². The van der Waals surface area contributed by atoms with Gasteiger partial charge in [-0.1, -0.05) is 74.0 Å². The second-order valence-corrected chi connectivity index (χ2v) is 5.53. The second kappa shape index (κ2) is 7.96. The number of hydrogen-bond acceptors (Lipinski definition) is 2. The standard InChI is InChI=1S/C19H24O2/c1-2-9-18(20)19(21)14-17(15-10-5-3-6-11-15)16-12-7-4-8-13-16/h3-8,10-13,17-21H,2,9,14H2,1H3. The lowest BCUT2D eigenvalue weighted by Crippen LogP contribution is -2.28. The Hall–Kier alpha value is -1.64. The van der Waals surface area contributed by atoms with Crippen molar-refractivity contribution in [3.63, 3.8) is 0 Å². The van der Waals surface area contributed by atoms with E-state index in [0.29, 0.717) is 12.8 Å². The van der Waals surface area contributed by atoms with Gasteiger partial charge in [0.25, 0.3) is 0 Å². The van der Waals surface area contributed by atoms with Crippen LogP contribution in [-0.2, 0) is 0 Å². The molecule has 0 spiro atoms. The van der Waals surface area contributed by atoms with E-state index in [1.807, 2.05) is 43.3 Å². The molecule has 2 N–H and O–H groups in total. The summed E-state index contributed by atoms with van der Waals surface area (Å²) < 4.78 is 0. The molecule has 0 aliphatic heterocycles. The van der Waals surface area contributed by atoms with Crippen LogP contribution >= 0.6 is 0 Å². The Morgan fingerprint density at radius 2 is 1.24 bits per heavy atom. The Bertz CT molecular complexity index is 470. The SMILES string of the molecule is CCCC(O)C(O)CC(c1ccccc1)c1ccccc1. The summed E-state index contributed by atoms with van der Waals surface area (Å²) in [5, 5.41) is 20.3. The zero-order valence-electron chi connectivity index (χ0n) is 12.5.